The first-order chi connectivity index (χ1) is 8.49. The van der Waals surface area contributed by atoms with Crippen LogP contribution in [-0.4, -0.2) is 40.1 Å². The van der Waals surface area contributed by atoms with Crippen molar-refractivity contribution in [2.24, 2.45) is 7.05 Å². The van der Waals surface area contributed by atoms with Gasteiger partial charge in [0.2, 0.25) is 0 Å². The molecule has 0 saturated carbocycles. The molecule has 1 aromatic heterocycles. The maximum absolute atomic E-state index is 11.9. The van der Waals surface area contributed by atoms with Crippen molar-refractivity contribution in [2.75, 3.05) is 19.6 Å². The van der Waals surface area contributed by atoms with Crippen LogP contribution in [0.5, 0.6) is 0 Å². The number of carbonyl (C=O) groups is 1. The molecule has 18 heavy (non-hydrogen) atoms. The molecule has 0 radical (unpaired) electrons. The number of aromatic nitrogens is 2. The highest BCUT2D eigenvalue weighted by molar-refractivity contribution is 6.32. The van der Waals surface area contributed by atoms with E-state index in [2.05, 4.69) is 23.8 Å². The van der Waals surface area contributed by atoms with Crippen molar-refractivity contribution in [1.82, 2.24) is 14.7 Å². The van der Waals surface area contributed by atoms with E-state index in [1.54, 1.807) is 4.68 Å². The monoisotopic (exact) mass is 271 g/mol. The summed E-state index contributed by atoms with van der Waals surface area (Å²) in [4.78, 5) is 14.2. The summed E-state index contributed by atoms with van der Waals surface area (Å²) in [6.45, 7) is 8.85. The first-order valence-electron chi connectivity index (χ1n) is 6.41. The van der Waals surface area contributed by atoms with Crippen LogP contribution in [0.25, 0.3) is 0 Å². The van der Waals surface area contributed by atoms with E-state index in [0.717, 1.165) is 31.0 Å². The molecule has 1 heterocycles. The second-order valence-electron chi connectivity index (χ2n) is 4.46. The van der Waals surface area contributed by atoms with Gasteiger partial charge in [0.05, 0.1) is 16.4 Å². The van der Waals surface area contributed by atoms with Crippen molar-refractivity contribution in [3.8, 4) is 0 Å². The lowest BCUT2D eigenvalue weighted by Gasteiger charge is -2.17. The highest BCUT2D eigenvalue weighted by Crippen LogP contribution is 2.20. The molecule has 0 spiro atoms. The molecule has 0 unspecified atom stereocenters. The van der Waals surface area contributed by atoms with Crippen molar-refractivity contribution >= 4 is 17.4 Å². The maximum Gasteiger partial charge on any atom is 0.140 e. The molecule has 0 aliphatic carbocycles. The fraction of sp³-hybridized carbons (Fsp3) is 0.692. The summed E-state index contributed by atoms with van der Waals surface area (Å²) in [5.74, 6) is 0.215. The number of ketones is 1. The third-order valence-corrected chi connectivity index (χ3v) is 3.72. The zero-order valence-electron chi connectivity index (χ0n) is 11.7. The van der Waals surface area contributed by atoms with E-state index in [4.69, 9.17) is 11.6 Å². The van der Waals surface area contributed by atoms with Crippen LogP contribution in [0.1, 0.15) is 31.7 Å². The Kier molecular flexibility index (Phi) is 5.82. The van der Waals surface area contributed by atoms with Crippen molar-refractivity contribution in [2.45, 2.75) is 33.6 Å². The van der Waals surface area contributed by atoms with Crippen LogP contribution in [0.3, 0.4) is 0 Å². The molecule has 0 bridgehead atoms. The molecular weight excluding hydrogens is 250 g/mol. The molecule has 0 N–H and O–H groups in total. The molecule has 0 aliphatic heterocycles. The average molecular weight is 272 g/mol. The van der Waals surface area contributed by atoms with Crippen molar-refractivity contribution in [3.05, 3.63) is 16.4 Å². The zero-order chi connectivity index (χ0) is 13.7. The molecule has 4 nitrogen and oxygen atoms in total. The highest BCUT2D eigenvalue weighted by atomic mass is 35.5. The van der Waals surface area contributed by atoms with Crippen LogP contribution in [0.2, 0.25) is 5.02 Å². The first kappa shape index (κ1) is 15.2. The molecule has 0 atom stereocenters. The van der Waals surface area contributed by atoms with Gasteiger partial charge in [0.25, 0.3) is 0 Å². The summed E-state index contributed by atoms with van der Waals surface area (Å²) in [6.07, 6.45) is 0.944. The number of rotatable bonds is 7. The predicted octanol–water partition coefficient (Wildman–Crippen LogP) is 2.23. The van der Waals surface area contributed by atoms with Gasteiger partial charge in [-0.3, -0.25) is 9.48 Å². The standard InChI is InChI=1S/C13H22ClN3O/c1-5-17(6-2)8-7-11(18)9-12-13(14)10(3)15-16(12)4/h5-9H2,1-4H3. The number of aryl methyl sites for hydroxylation is 2. The number of nitrogens with zero attached hydrogens (tertiary/aromatic N) is 3. The fourth-order valence-corrected chi connectivity index (χ4v) is 2.20. The van der Waals surface area contributed by atoms with Gasteiger partial charge in [-0.05, 0) is 20.0 Å². The lowest BCUT2D eigenvalue weighted by Crippen LogP contribution is -2.26. The van der Waals surface area contributed by atoms with Gasteiger partial charge in [0.1, 0.15) is 5.78 Å². The molecule has 1 rings (SSSR count). The van der Waals surface area contributed by atoms with E-state index in [0.29, 0.717) is 17.9 Å². The van der Waals surface area contributed by atoms with Crippen LogP contribution in [-0.2, 0) is 18.3 Å². The van der Waals surface area contributed by atoms with Gasteiger partial charge in [0, 0.05) is 26.4 Å². The van der Waals surface area contributed by atoms with Crippen molar-refractivity contribution in [3.63, 3.8) is 0 Å². The summed E-state index contributed by atoms with van der Waals surface area (Å²) < 4.78 is 1.70. The second-order valence-corrected chi connectivity index (χ2v) is 4.84. The van der Waals surface area contributed by atoms with Gasteiger partial charge in [-0.1, -0.05) is 25.4 Å². The topological polar surface area (TPSA) is 38.1 Å². The molecule has 0 saturated heterocycles. The van der Waals surface area contributed by atoms with Gasteiger partial charge >= 0.3 is 0 Å². The van der Waals surface area contributed by atoms with Crippen LogP contribution in [0.4, 0.5) is 0 Å². The van der Waals surface area contributed by atoms with E-state index < -0.39 is 0 Å². The number of Topliss-reactive ketones (excluding diaryl/α,β-unsaturated/α-hetero) is 1. The number of hydrogen-bond acceptors (Lipinski definition) is 3. The Bertz CT molecular complexity index is 411. The fourth-order valence-electron chi connectivity index (χ4n) is 1.97. The third kappa shape index (κ3) is 3.82. The van der Waals surface area contributed by atoms with E-state index in [1.165, 1.54) is 0 Å². The minimum atomic E-state index is 0.215. The lowest BCUT2D eigenvalue weighted by atomic mass is 10.1. The van der Waals surface area contributed by atoms with Crippen molar-refractivity contribution < 1.29 is 4.79 Å². The van der Waals surface area contributed by atoms with Crippen LogP contribution in [0.15, 0.2) is 0 Å². The molecule has 102 valence electrons. The summed E-state index contributed by atoms with van der Waals surface area (Å²) >= 11 is 6.13. The number of hydrogen-bond donors (Lipinski definition) is 0. The SMILES string of the molecule is CCN(CC)CCC(=O)Cc1c(Cl)c(C)nn1C. The zero-order valence-corrected chi connectivity index (χ0v) is 12.4. The van der Waals surface area contributed by atoms with Crippen molar-refractivity contribution in [1.29, 1.82) is 0 Å². The van der Waals surface area contributed by atoms with Crippen LogP contribution in [0, 0.1) is 6.92 Å². The molecule has 0 aromatic carbocycles. The predicted molar refractivity (Wildman–Crippen MR) is 74.1 cm³/mol. The maximum atomic E-state index is 11.9. The Morgan fingerprint density at radius 1 is 1.39 bits per heavy atom. The normalized spacial score (nSPS) is 11.2. The smallest absolute Gasteiger partial charge is 0.140 e. The Balaban J connectivity index is 2.54. The van der Waals surface area contributed by atoms with Gasteiger partial charge in [-0.2, -0.15) is 5.10 Å². The quantitative estimate of drug-likeness (QED) is 0.763. The highest BCUT2D eigenvalue weighted by Gasteiger charge is 2.15. The minimum Gasteiger partial charge on any atom is -0.303 e. The molecule has 0 amide bonds. The summed E-state index contributed by atoms with van der Waals surface area (Å²) in [6, 6.07) is 0. The summed E-state index contributed by atoms with van der Waals surface area (Å²) in [5, 5.41) is 4.83. The molecule has 5 heteroatoms. The van der Waals surface area contributed by atoms with Gasteiger partial charge < -0.3 is 4.90 Å². The van der Waals surface area contributed by atoms with E-state index >= 15 is 0 Å². The van der Waals surface area contributed by atoms with Gasteiger partial charge in [0.15, 0.2) is 0 Å². The summed E-state index contributed by atoms with van der Waals surface area (Å²) in [7, 11) is 1.83. The van der Waals surface area contributed by atoms with E-state index in [-0.39, 0.29) is 5.78 Å². The molecule has 0 aliphatic rings. The first-order valence-corrected chi connectivity index (χ1v) is 6.79. The largest absolute Gasteiger partial charge is 0.303 e. The number of carbonyl (C=O) groups excluding carboxylic acids is 1. The Hall–Kier alpha value is -0.870. The average Bonchev–Trinajstić information content (AvgIpc) is 2.57. The Labute approximate surface area is 114 Å². The Morgan fingerprint density at radius 2 is 2.00 bits per heavy atom. The molecule has 0 fully saturated rings. The number of halogens is 1. The molecule has 1 aromatic rings. The van der Waals surface area contributed by atoms with Gasteiger partial charge in [-0.15, -0.1) is 0 Å². The van der Waals surface area contributed by atoms with E-state index in [1.807, 2.05) is 14.0 Å². The lowest BCUT2D eigenvalue weighted by molar-refractivity contribution is -0.118. The van der Waals surface area contributed by atoms with Crippen LogP contribution >= 0.6 is 11.6 Å². The van der Waals surface area contributed by atoms with Gasteiger partial charge in [-0.25, -0.2) is 0 Å². The third-order valence-electron chi connectivity index (χ3n) is 3.23. The molecular formula is C13H22ClN3O. The second kappa shape index (κ2) is 6.90. The van der Waals surface area contributed by atoms with Crippen LogP contribution < -0.4 is 0 Å². The minimum absolute atomic E-state index is 0.215. The van der Waals surface area contributed by atoms with E-state index in [9.17, 15) is 4.79 Å². The Morgan fingerprint density at radius 3 is 2.44 bits per heavy atom. The summed E-state index contributed by atoms with van der Waals surface area (Å²) in [5.41, 5.74) is 1.60.